The Morgan fingerprint density at radius 3 is 2.50 bits per heavy atom. The molecule has 0 bridgehead atoms. The molecule has 6 heteroatoms. The van der Waals surface area contributed by atoms with E-state index in [9.17, 15) is 14.4 Å². The number of carbonyl (C=O) groups is 3. The van der Waals surface area contributed by atoms with Gasteiger partial charge in [0.2, 0.25) is 11.8 Å². The minimum atomic E-state index is -0.732. The van der Waals surface area contributed by atoms with Gasteiger partial charge in [-0.15, -0.1) is 0 Å². The van der Waals surface area contributed by atoms with Crippen molar-refractivity contribution in [1.82, 2.24) is 10.2 Å². The zero-order valence-corrected chi connectivity index (χ0v) is 14.6. The van der Waals surface area contributed by atoms with Gasteiger partial charge >= 0.3 is 0 Å². The number of para-hydroxylation sites is 1. The smallest absolute Gasteiger partial charge is 0.254 e. The Morgan fingerprint density at radius 1 is 1.04 bits per heavy atom. The predicted octanol–water partition coefficient (Wildman–Crippen LogP) is 2.18. The van der Waals surface area contributed by atoms with Crippen LogP contribution >= 0.6 is 0 Å². The number of nitrogens with zero attached hydrogens (tertiary/aromatic N) is 1. The summed E-state index contributed by atoms with van der Waals surface area (Å²) in [6, 6.07) is 15.8. The molecule has 2 aromatic carbocycles. The van der Waals surface area contributed by atoms with Gasteiger partial charge in [0, 0.05) is 20.0 Å². The number of benzene rings is 2. The van der Waals surface area contributed by atoms with E-state index in [1.165, 1.54) is 0 Å². The number of amides is 3. The Hall–Kier alpha value is -3.15. The van der Waals surface area contributed by atoms with E-state index in [4.69, 9.17) is 0 Å². The summed E-state index contributed by atoms with van der Waals surface area (Å²) in [7, 11) is 1.73. The molecule has 1 unspecified atom stereocenters. The first-order valence-electron chi connectivity index (χ1n) is 8.53. The highest BCUT2D eigenvalue weighted by Gasteiger charge is 2.28. The molecule has 3 rings (SSSR count). The first-order chi connectivity index (χ1) is 12.5. The van der Waals surface area contributed by atoms with Crippen LogP contribution in [0.1, 0.15) is 28.8 Å². The second-order valence-electron chi connectivity index (χ2n) is 6.33. The Kier molecular flexibility index (Phi) is 5.31. The van der Waals surface area contributed by atoms with Crippen LogP contribution in [0, 0.1) is 0 Å². The summed E-state index contributed by atoms with van der Waals surface area (Å²) in [5.74, 6) is -0.687. The van der Waals surface area contributed by atoms with Crippen molar-refractivity contribution in [3.05, 3.63) is 65.7 Å². The van der Waals surface area contributed by atoms with E-state index >= 15 is 0 Å². The van der Waals surface area contributed by atoms with E-state index in [2.05, 4.69) is 10.6 Å². The van der Waals surface area contributed by atoms with Crippen molar-refractivity contribution in [2.75, 3.05) is 12.4 Å². The molecule has 134 valence electrons. The van der Waals surface area contributed by atoms with Gasteiger partial charge in [-0.2, -0.15) is 0 Å². The molecular weight excluding hydrogens is 330 g/mol. The second kappa shape index (κ2) is 7.82. The number of hydrogen-bond donors (Lipinski definition) is 2. The molecule has 0 fully saturated rings. The molecule has 0 aliphatic carbocycles. The first kappa shape index (κ1) is 17.7. The maximum Gasteiger partial charge on any atom is 0.254 e. The number of hydrogen-bond acceptors (Lipinski definition) is 3. The van der Waals surface area contributed by atoms with Crippen molar-refractivity contribution in [3.63, 3.8) is 0 Å². The zero-order chi connectivity index (χ0) is 18.5. The van der Waals surface area contributed by atoms with Gasteiger partial charge < -0.3 is 15.5 Å². The van der Waals surface area contributed by atoms with Crippen molar-refractivity contribution in [2.45, 2.75) is 25.4 Å². The minimum absolute atomic E-state index is 0.0716. The number of nitrogens with one attached hydrogen (secondary N) is 2. The number of carbonyl (C=O) groups excluding carboxylic acids is 3. The SMILES string of the molecule is CN(Cc1ccccc1)C(=O)CCC1NC(=O)c2ccccc2NC1=O. The van der Waals surface area contributed by atoms with Gasteiger partial charge in [0.1, 0.15) is 6.04 Å². The standard InChI is InChI=1S/C20H21N3O3/c1-23(13-14-7-3-2-4-8-14)18(24)12-11-17-20(26)21-16-10-6-5-9-15(16)19(25)22-17/h2-10,17H,11-13H2,1H3,(H,21,26)(H,22,25). The Bertz CT molecular complexity index is 820. The third kappa shape index (κ3) is 4.08. The van der Waals surface area contributed by atoms with Crippen LogP contribution in [0.15, 0.2) is 54.6 Å². The summed E-state index contributed by atoms with van der Waals surface area (Å²) in [5, 5.41) is 5.46. The summed E-state index contributed by atoms with van der Waals surface area (Å²) in [4.78, 5) is 38.6. The maximum atomic E-state index is 12.4. The third-order valence-electron chi connectivity index (χ3n) is 4.39. The number of rotatable bonds is 5. The quantitative estimate of drug-likeness (QED) is 0.867. The molecule has 1 atom stereocenters. The van der Waals surface area contributed by atoms with Crippen LogP contribution in [0.4, 0.5) is 5.69 Å². The van der Waals surface area contributed by atoms with Gasteiger partial charge in [-0.05, 0) is 24.1 Å². The fourth-order valence-corrected chi connectivity index (χ4v) is 2.92. The van der Waals surface area contributed by atoms with Crippen molar-refractivity contribution < 1.29 is 14.4 Å². The van der Waals surface area contributed by atoms with E-state index in [0.29, 0.717) is 17.8 Å². The van der Waals surface area contributed by atoms with E-state index in [1.807, 2.05) is 30.3 Å². The molecule has 1 aliphatic rings. The van der Waals surface area contributed by atoms with E-state index in [0.717, 1.165) is 5.56 Å². The van der Waals surface area contributed by atoms with Crippen molar-refractivity contribution >= 4 is 23.4 Å². The summed E-state index contributed by atoms with van der Waals surface area (Å²) in [6.45, 7) is 0.508. The molecule has 0 spiro atoms. The second-order valence-corrected chi connectivity index (χ2v) is 6.33. The highest BCUT2D eigenvalue weighted by Crippen LogP contribution is 2.19. The van der Waals surface area contributed by atoms with Crippen molar-refractivity contribution in [3.8, 4) is 0 Å². The van der Waals surface area contributed by atoms with Crippen LogP contribution in [0.3, 0.4) is 0 Å². The lowest BCUT2D eigenvalue weighted by atomic mass is 10.1. The normalized spacial score (nSPS) is 16.1. The van der Waals surface area contributed by atoms with Gasteiger partial charge in [0.25, 0.3) is 5.91 Å². The molecule has 2 N–H and O–H groups in total. The monoisotopic (exact) mass is 351 g/mol. The van der Waals surface area contributed by atoms with Crippen LogP contribution < -0.4 is 10.6 Å². The number of fused-ring (bicyclic) bond motifs is 1. The lowest BCUT2D eigenvalue weighted by Gasteiger charge is -2.19. The lowest BCUT2D eigenvalue weighted by molar-refractivity contribution is -0.130. The van der Waals surface area contributed by atoms with E-state index in [1.54, 1.807) is 36.2 Å². The molecule has 6 nitrogen and oxygen atoms in total. The Labute approximate surface area is 152 Å². The fourth-order valence-electron chi connectivity index (χ4n) is 2.92. The molecule has 3 amide bonds. The molecule has 0 saturated heterocycles. The lowest BCUT2D eigenvalue weighted by Crippen LogP contribution is -2.42. The van der Waals surface area contributed by atoms with Crippen LogP contribution in [0.5, 0.6) is 0 Å². The van der Waals surface area contributed by atoms with Crippen LogP contribution in [0.25, 0.3) is 0 Å². The van der Waals surface area contributed by atoms with Gasteiger partial charge in [0.05, 0.1) is 11.3 Å². The molecule has 1 heterocycles. The van der Waals surface area contributed by atoms with Gasteiger partial charge in [-0.25, -0.2) is 0 Å². The largest absolute Gasteiger partial charge is 0.341 e. The zero-order valence-electron chi connectivity index (χ0n) is 14.6. The van der Waals surface area contributed by atoms with Crippen LogP contribution in [-0.2, 0) is 16.1 Å². The Morgan fingerprint density at radius 2 is 1.73 bits per heavy atom. The molecule has 0 radical (unpaired) electrons. The predicted molar refractivity (Wildman–Crippen MR) is 98.5 cm³/mol. The van der Waals surface area contributed by atoms with E-state index in [-0.39, 0.29) is 30.6 Å². The van der Waals surface area contributed by atoms with Crippen LogP contribution in [-0.4, -0.2) is 35.7 Å². The average Bonchev–Trinajstić information content (AvgIpc) is 2.77. The molecule has 1 aliphatic heterocycles. The first-order valence-corrected chi connectivity index (χ1v) is 8.53. The molecule has 2 aromatic rings. The van der Waals surface area contributed by atoms with Gasteiger partial charge in [-0.1, -0.05) is 42.5 Å². The Balaban J connectivity index is 1.58. The number of anilines is 1. The molecule has 26 heavy (non-hydrogen) atoms. The van der Waals surface area contributed by atoms with Crippen molar-refractivity contribution in [1.29, 1.82) is 0 Å². The third-order valence-corrected chi connectivity index (χ3v) is 4.39. The highest BCUT2D eigenvalue weighted by molar-refractivity contribution is 6.09. The summed E-state index contributed by atoms with van der Waals surface area (Å²) in [6.07, 6.45) is 0.432. The van der Waals surface area contributed by atoms with Crippen molar-refractivity contribution in [2.24, 2.45) is 0 Å². The fraction of sp³-hybridized carbons (Fsp3) is 0.250. The molecule has 0 saturated carbocycles. The molecular formula is C20H21N3O3. The molecule has 0 aromatic heterocycles. The van der Waals surface area contributed by atoms with E-state index < -0.39 is 6.04 Å². The van der Waals surface area contributed by atoms with Gasteiger partial charge in [0.15, 0.2) is 0 Å². The average molecular weight is 351 g/mol. The topological polar surface area (TPSA) is 78.5 Å². The van der Waals surface area contributed by atoms with Gasteiger partial charge in [-0.3, -0.25) is 14.4 Å². The maximum absolute atomic E-state index is 12.4. The van der Waals surface area contributed by atoms with Crippen LogP contribution in [0.2, 0.25) is 0 Å². The highest BCUT2D eigenvalue weighted by atomic mass is 16.2. The summed E-state index contributed by atoms with van der Waals surface area (Å²) < 4.78 is 0. The summed E-state index contributed by atoms with van der Waals surface area (Å²) >= 11 is 0. The summed E-state index contributed by atoms with van der Waals surface area (Å²) in [5.41, 5.74) is 1.96. The minimum Gasteiger partial charge on any atom is -0.341 e.